The first-order valence-corrected chi connectivity index (χ1v) is 10.3. The molecule has 0 spiro atoms. The summed E-state index contributed by atoms with van der Waals surface area (Å²) < 4.78 is 27.4. The predicted molar refractivity (Wildman–Crippen MR) is 112 cm³/mol. The van der Waals surface area contributed by atoms with Crippen molar-refractivity contribution in [3.05, 3.63) is 30.2 Å². The van der Waals surface area contributed by atoms with Crippen molar-refractivity contribution in [2.24, 2.45) is 0 Å². The molecule has 1 aliphatic carbocycles. The molecule has 2 aromatic heterocycles. The van der Waals surface area contributed by atoms with Gasteiger partial charge in [0.05, 0.1) is 11.3 Å². The smallest absolute Gasteiger partial charge is 0.256 e. The Morgan fingerprint density at radius 1 is 1.40 bits per heavy atom. The van der Waals surface area contributed by atoms with Crippen molar-refractivity contribution in [3.63, 3.8) is 0 Å². The fourth-order valence-electron chi connectivity index (χ4n) is 4.11. The van der Waals surface area contributed by atoms with Crippen LogP contribution in [0, 0.1) is 0 Å². The molecule has 3 heterocycles. The molecule has 2 aliphatic rings. The van der Waals surface area contributed by atoms with Gasteiger partial charge in [0.2, 0.25) is 5.91 Å². The number of nitrogens with one attached hydrogen (secondary N) is 2. The minimum atomic E-state index is -2.66. The quantitative estimate of drug-likeness (QED) is 0.706. The molecule has 1 saturated carbocycles. The summed E-state index contributed by atoms with van der Waals surface area (Å²) in [5, 5.41) is 4.02. The molecule has 4 rings (SSSR count). The maximum absolute atomic E-state index is 13.7. The Morgan fingerprint density at radius 2 is 2.17 bits per heavy atom. The van der Waals surface area contributed by atoms with E-state index in [1.54, 1.807) is 12.3 Å². The largest absolute Gasteiger partial charge is 0.365 e. The number of aromatic nitrogens is 3. The van der Waals surface area contributed by atoms with Crippen LogP contribution in [0.3, 0.4) is 0 Å². The lowest BCUT2D eigenvalue weighted by atomic mass is 9.99. The minimum Gasteiger partial charge on any atom is -0.365 e. The van der Waals surface area contributed by atoms with Crippen LogP contribution in [0.5, 0.6) is 0 Å². The fraction of sp³-hybridized carbons (Fsp3) is 0.571. The maximum Gasteiger partial charge on any atom is 0.256 e. The van der Waals surface area contributed by atoms with E-state index in [1.807, 2.05) is 30.0 Å². The van der Waals surface area contributed by atoms with Crippen molar-refractivity contribution in [2.75, 3.05) is 32.5 Å². The van der Waals surface area contributed by atoms with Crippen LogP contribution in [0.2, 0.25) is 0 Å². The van der Waals surface area contributed by atoms with E-state index in [4.69, 9.17) is 0 Å². The number of fused-ring (bicyclic) bond motifs is 1. The SMILES string of the molecule is C[C@H]1CC[C@@H](Nc2ncnc3[nH]cc([C@@H]4CC4(F)F)c23)CN1C(=O)/C=C/CN(C)C. The molecule has 30 heavy (non-hydrogen) atoms. The van der Waals surface area contributed by atoms with E-state index in [1.165, 1.54) is 6.33 Å². The Morgan fingerprint density at radius 3 is 2.87 bits per heavy atom. The minimum absolute atomic E-state index is 0.00652. The highest BCUT2D eigenvalue weighted by molar-refractivity contribution is 5.91. The number of hydrogen-bond donors (Lipinski definition) is 2. The van der Waals surface area contributed by atoms with Crippen LogP contribution < -0.4 is 5.32 Å². The second-order valence-electron chi connectivity index (χ2n) is 8.63. The van der Waals surface area contributed by atoms with E-state index in [2.05, 4.69) is 27.2 Å². The zero-order valence-corrected chi connectivity index (χ0v) is 17.5. The molecular formula is C21H28F2N6O. The lowest BCUT2D eigenvalue weighted by Gasteiger charge is -2.38. The van der Waals surface area contributed by atoms with Gasteiger partial charge in [-0.2, -0.15) is 0 Å². The third kappa shape index (κ3) is 4.16. The third-order valence-electron chi connectivity index (χ3n) is 5.94. The number of rotatable bonds is 6. The number of piperidine rings is 1. The van der Waals surface area contributed by atoms with E-state index in [0.29, 0.717) is 35.5 Å². The van der Waals surface area contributed by atoms with Gasteiger partial charge < -0.3 is 20.1 Å². The summed E-state index contributed by atoms with van der Waals surface area (Å²) in [6.45, 7) is 3.30. The fourth-order valence-corrected chi connectivity index (χ4v) is 4.11. The molecule has 162 valence electrons. The molecule has 2 aromatic rings. The van der Waals surface area contributed by atoms with Crippen molar-refractivity contribution in [1.29, 1.82) is 0 Å². The predicted octanol–water partition coefficient (Wildman–Crippen LogP) is 2.99. The van der Waals surface area contributed by atoms with Crippen LogP contribution >= 0.6 is 0 Å². The van der Waals surface area contributed by atoms with Gasteiger partial charge in [-0.15, -0.1) is 0 Å². The molecule has 0 bridgehead atoms. The molecule has 3 atom stereocenters. The molecule has 1 aliphatic heterocycles. The average molecular weight is 418 g/mol. The molecule has 0 unspecified atom stereocenters. The highest BCUT2D eigenvalue weighted by atomic mass is 19.3. The topological polar surface area (TPSA) is 77.1 Å². The molecule has 9 heteroatoms. The standard InChI is InChI=1S/C21H28F2N6O/c1-13-6-7-14(11-29(13)17(30)5-4-8-28(2)3)27-20-18-15(16-9-21(16,22)23)10-24-19(18)25-12-26-20/h4-5,10,12-14,16H,6-9,11H2,1-3H3,(H2,24,25,26,27)/b5-4+/t13-,14+,16-/m0/s1. The summed E-state index contributed by atoms with van der Waals surface area (Å²) in [6, 6.07) is 0.144. The van der Waals surface area contributed by atoms with E-state index in [9.17, 15) is 13.6 Å². The van der Waals surface area contributed by atoms with Gasteiger partial charge in [-0.3, -0.25) is 4.79 Å². The van der Waals surface area contributed by atoms with Gasteiger partial charge in [-0.25, -0.2) is 18.7 Å². The number of hydrogen-bond acceptors (Lipinski definition) is 5. The van der Waals surface area contributed by atoms with Crippen molar-refractivity contribution in [3.8, 4) is 0 Å². The maximum atomic E-state index is 13.7. The Bertz CT molecular complexity index is 956. The number of anilines is 1. The highest BCUT2D eigenvalue weighted by Crippen LogP contribution is 2.57. The monoisotopic (exact) mass is 418 g/mol. The van der Waals surface area contributed by atoms with Gasteiger partial charge in [0.25, 0.3) is 5.92 Å². The summed E-state index contributed by atoms with van der Waals surface area (Å²) in [6.07, 6.45) is 8.12. The summed E-state index contributed by atoms with van der Waals surface area (Å²) >= 11 is 0. The van der Waals surface area contributed by atoms with Crippen molar-refractivity contribution in [2.45, 2.75) is 50.1 Å². The molecule has 2 N–H and O–H groups in total. The molecule has 0 aromatic carbocycles. The molecule has 2 fully saturated rings. The number of nitrogens with zero attached hydrogens (tertiary/aromatic N) is 4. The molecular weight excluding hydrogens is 390 g/mol. The van der Waals surface area contributed by atoms with Crippen LogP contribution in [-0.4, -0.2) is 75.9 Å². The summed E-state index contributed by atoms with van der Waals surface area (Å²) in [7, 11) is 3.90. The number of H-pyrrole nitrogens is 1. The molecule has 1 amide bonds. The average Bonchev–Trinajstić information content (AvgIpc) is 3.11. The zero-order valence-electron chi connectivity index (χ0n) is 17.5. The highest BCUT2D eigenvalue weighted by Gasteiger charge is 2.58. The number of carbonyl (C=O) groups excluding carboxylic acids is 1. The second-order valence-corrected chi connectivity index (χ2v) is 8.63. The van der Waals surface area contributed by atoms with E-state index in [-0.39, 0.29) is 24.4 Å². The van der Waals surface area contributed by atoms with Gasteiger partial charge in [0.15, 0.2) is 0 Å². The third-order valence-corrected chi connectivity index (χ3v) is 5.94. The first-order valence-electron chi connectivity index (χ1n) is 10.3. The van der Waals surface area contributed by atoms with Gasteiger partial charge in [0, 0.05) is 43.9 Å². The molecule has 7 nitrogen and oxygen atoms in total. The molecule has 0 radical (unpaired) electrons. The zero-order chi connectivity index (χ0) is 21.5. The van der Waals surface area contributed by atoms with E-state index < -0.39 is 11.8 Å². The lowest BCUT2D eigenvalue weighted by Crippen LogP contribution is -2.49. The number of carbonyl (C=O) groups is 1. The van der Waals surface area contributed by atoms with Gasteiger partial charge in [0.1, 0.15) is 17.8 Å². The Hall–Kier alpha value is -2.55. The summed E-state index contributed by atoms with van der Waals surface area (Å²) in [5.74, 6) is -2.91. The number of halogens is 2. The second kappa shape index (κ2) is 7.94. The van der Waals surface area contributed by atoms with Crippen molar-refractivity contribution in [1.82, 2.24) is 24.8 Å². The molecule has 1 saturated heterocycles. The van der Waals surface area contributed by atoms with Gasteiger partial charge in [-0.1, -0.05) is 6.08 Å². The summed E-state index contributed by atoms with van der Waals surface area (Å²) in [4.78, 5) is 28.0. The first-order chi connectivity index (χ1) is 14.3. The van der Waals surface area contributed by atoms with Crippen LogP contribution in [0.1, 0.15) is 37.7 Å². The number of amides is 1. The van der Waals surface area contributed by atoms with Crippen LogP contribution in [0.25, 0.3) is 11.0 Å². The lowest BCUT2D eigenvalue weighted by molar-refractivity contribution is -0.129. The van der Waals surface area contributed by atoms with Gasteiger partial charge >= 0.3 is 0 Å². The van der Waals surface area contributed by atoms with E-state index >= 15 is 0 Å². The number of likely N-dealkylation sites (tertiary alicyclic amines) is 1. The van der Waals surface area contributed by atoms with Gasteiger partial charge in [-0.05, 0) is 39.4 Å². The Kier molecular flexibility index (Phi) is 5.48. The number of likely N-dealkylation sites (N-methyl/N-ethyl adjacent to an activating group) is 1. The van der Waals surface area contributed by atoms with Crippen molar-refractivity contribution >= 4 is 22.8 Å². The van der Waals surface area contributed by atoms with Crippen LogP contribution in [0.15, 0.2) is 24.7 Å². The van der Waals surface area contributed by atoms with E-state index in [0.717, 1.165) is 12.8 Å². The van der Waals surface area contributed by atoms with Crippen LogP contribution in [0.4, 0.5) is 14.6 Å². The normalized spacial score (nSPS) is 25.9. The Labute approximate surface area is 174 Å². The summed E-state index contributed by atoms with van der Waals surface area (Å²) in [5.41, 5.74) is 1.11. The first kappa shape index (κ1) is 20.7. The number of aromatic amines is 1. The number of alkyl halides is 2. The van der Waals surface area contributed by atoms with Crippen molar-refractivity contribution < 1.29 is 13.6 Å². The Balaban J connectivity index is 1.50. The van der Waals surface area contributed by atoms with Crippen LogP contribution in [-0.2, 0) is 4.79 Å².